The van der Waals surface area contributed by atoms with E-state index in [1.807, 2.05) is 0 Å². The number of methoxy groups -OCH3 is 1. The number of hydrogen-bond acceptors (Lipinski definition) is 3. The van der Waals surface area contributed by atoms with Crippen LogP contribution in [0.3, 0.4) is 0 Å². The van der Waals surface area contributed by atoms with Crippen molar-refractivity contribution in [2.75, 3.05) is 7.11 Å². The minimum absolute atomic E-state index is 0.141. The molecule has 102 valence electrons. The summed E-state index contributed by atoms with van der Waals surface area (Å²) in [5.41, 5.74) is 1.35. The van der Waals surface area contributed by atoms with Gasteiger partial charge in [0.1, 0.15) is 5.75 Å². The van der Waals surface area contributed by atoms with Gasteiger partial charge in [0.25, 0.3) is 0 Å². The van der Waals surface area contributed by atoms with Crippen molar-refractivity contribution in [2.45, 2.75) is 0 Å². The number of carboxylic acid groups (broad SMARTS) is 1. The van der Waals surface area contributed by atoms with E-state index < -0.39 is 5.97 Å². The standard InChI is InChI=1S/C15H12ClNO3/c1-20-14-5-4-11(8-13(14)16)12(15(18)19)7-10-3-2-6-17-9-10/h2-9H,1H3,(H,18,19)/b12-7-. The van der Waals surface area contributed by atoms with Crippen molar-refractivity contribution in [3.8, 4) is 5.75 Å². The first-order valence-electron chi connectivity index (χ1n) is 5.80. The second-order valence-corrected chi connectivity index (χ2v) is 4.41. The van der Waals surface area contributed by atoms with Gasteiger partial charge in [-0.1, -0.05) is 23.7 Å². The van der Waals surface area contributed by atoms with Gasteiger partial charge in [-0.15, -0.1) is 0 Å². The largest absolute Gasteiger partial charge is 0.495 e. The highest BCUT2D eigenvalue weighted by Gasteiger charge is 2.12. The Labute approximate surface area is 121 Å². The number of benzene rings is 1. The summed E-state index contributed by atoms with van der Waals surface area (Å²) in [5.74, 6) is -0.531. The van der Waals surface area contributed by atoms with Gasteiger partial charge in [-0.25, -0.2) is 4.79 Å². The number of aliphatic carboxylic acids is 1. The van der Waals surface area contributed by atoms with Crippen LogP contribution >= 0.6 is 11.6 Å². The Hall–Kier alpha value is -2.33. The molecule has 0 fully saturated rings. The number of rotatable bonds is 4. The molecule has 20 heavy (non-hydrogen) atoms. The average molecular weight is 290 g/mol. The SMILES string of the molecule is COc1ccc(/C(=C/c2cccnc2)C(=O)O)cc1Cl. The minimum atomic E-state index is -1.03. The lowest BCUT2D eigenvalue weighted by Crippen LogP contribution is -2.00. The zero-order chi connectivity index (χ0) is 14.5. The number of aromatic nitrogens is 1. The van der Waals surface area contributed by atoms with Gasteiger partial charge in [0.2, 0.25) is 0 Å². The van der Waals surface area contributed by atoms with E-state index in [1.54, 1.807) is 48.8 Å². The predicted octanol–water partition coefficient (Wildman–Crippen LogP) is 3.37. The van der Waals surface area contributed by atoms with E-state index in [9.17, 15) is 9.90 Å². The molecule has 0 atom stereocenters. The number of hydrogen-bond donors (Lipinski definition) is 1. The van der Waals surface area contributed by atoms with Crippen molar-refractivity contribution >= 4 is 29.2 Å². The molecule has 0 aliphatic carbocycles. The molecule has 5 heteroatoms. The fourth-order valence-corrected chi connectivity index (χ4v) is 1.99. The number of ether oxygens (including phenoxy) is 1. The van der Waals surface area contributed by atoms with E-state index in [0.717, 1.165) is 0 Å². The molecule has 0 saturated carbocycles. The van der Waals surface area contributed by atoms with Gasteiger partial charge in [0.15, 0.2) is 0 Å². The Morgan fingerprint density at radius 1 is 1.40 bits per heavy atom. The minimum Gasteiger partial charge on any atom is -0.495 e. The highest BCUT2D eigenvalue weighted by molar-refractivity contribution is 6.32. The maximum Gasteiger partial charge on any atom is 0.336 e. The molecule has 0 spiro atoms. The number of carbonyl (C=O) groups is 1. The molecule has 1 N–H and O–H groups in total. The first-order chi connectivity index (χ1) is 9.61. The summed E-state index contributed by atoms with van der Waals surface area (Å²) in [5, 5.41) is 9.71. The Balaban J connectivity index is 2.47. The summed E-state index contributed by atoms with van der Waals surface area (Å²) in [6.07, 6.45) is 4.77. The molecule has 0 amide bonds. The Morgan fingerprint density at radius 2 is 2.20 bits per heavy atom. The fraction of sp³-hybridized carbons (Fsp3) is 0.0667. The van der Waals surface area contributed by atoms with E-state index >= 15 is 0 Å². The molecular formula is C15H12ClNO3. The smallest absolute Gasteiger partial charge is 0.336 e. The molecule has 0 bridgehead atoms. The summed E-state index contributed by atoms with van der Waals surface area (Å²) < 4.78 is 5.05. The van der Waals surface area contributed by atoms with Crippen LogP contribution < -0.4 is 4.74 Å². The monoisotopic (exact) mass is 289 g/mol. The van der Waals surface area contributed by atoms with Crippen LogP contribution in [0, 0.1) is 0 Å². The highest BCUT2D eigenvalue weighted by atomic mass is 35.5. The third-order valence-corrected chi connectivity index (χ3v) is 2.98. The zero-order valence-corrected chi connectivity index (χ0v) is 11.5. The van der Waals surface area contributed by atoms with E-state index in [2.05, 4.69) is 4.98 Å². The maximum absolute atomic E-state index is 11.4. The lowest BCUT2D eigenvalue weighted by Gasteiger charge is -2.07. The first kappa shape index (κ1) is 14.1. The van der Waals surface area contributed by atoms with Crippen molar-refractivity contribution in [3.05, 3.63) is 58.9 Å². The lowest BCUT2D eigenvalue weighted by molar-refractivity contribution is -0.130. The summed E-state index contributed by atoms with van der Waals surface area (Å²) in [6, 6.07) is 8.38. The number of halogens is 1. The topological polar surface area (TPSA) is 59.4 Å². The number of carboxylic acids is 1. The molecule has 2 aromatic rings. The average Bonchev–Trinajstić information content (AvgIpc) is 2.45. The van der Waals surface area contributed by atoms with Gasteiger partial charge in [-0.05, 0) is 35.4 Å². The lowest BCUT2D eigenvalue weighted by atomic mass is 10.0. The van der Waals surface area contributed by atoms with E-state index in [0.29, 0.717) is 21.9 Å². The van der Waals surface area contributed by atoms with Gasteiger partial charge >= 0.3 is 5.97 Å². The van der Waals surface area contributed by atoms with E-state index in [-0.39, 0.29) is 5.57 Å². The highest BCUT2D eigenvalue weighted by Crippen LogP contribution is 2.29. The maximum atomic E-state index is 11.4. The van der Waals surface area contributed by atoms with Crippen LogP contribution in [-0.4, -0.2) is 23.2 Å². The van der Waals surface area contributed by atoms with Crippen molar-refractivity contribution in [1.82, 2.24) is 4.98 Å². The molecule has 1 aromatic carbocycles. The Morgan fingerprint density at radius 3 is 2.75 bits per heavy atom. The quantitative estimate of drug-likeness (QED) is 0.877. The van der Waals surface area contributed by atoms with Crippen LogP contribution in [0.2, 0.25) is 5.02 Å². The molecule has 0 saturated heterocycles. The molecule has 4 nitrogen and oxygen atoms in total. The number of pyridine rings is 1. The second kappa shape index (κ2) is 6.21. The van der Waals surface area contributed by atoms with Crippen molar-refractivity contribution in [1.29, 1.82) is 0 Å². The van der Waals surface area contributed by atoms with E-state index in [1.165, 1.54) is 7.11 Å². The zero-order valence-electron chi connectivity index (χ0n) is 10.7. The summed E-state index contributed by atoms with van der Waals surface area (Å²) in [6.45, 7) is 0. The van der Waals surface area contributed by atoms with Crippen LogP contribution in [0.15, 0.2) is 42.7 Å². The second-order valence-electron chi connectivity index (χ2n) is 4.00. The van der Waals surface area contributed by atoms with Gasteiger partial charge in [0.05, 0.1) is 17.7 Å². The molecule has 0 aliphatic rings. The van der Waals surface area contributed by atoms with Crippen molar-refractivity contribution in [2.24, 2.45) is 0 Å². The molecule has 0 radical (unpaired) electrons. The van der Waals surface area contributed by atoms with Crippen LogP contribution in [0.4, 0.5) is 0 Å². The molecule has 1 heterocycles. The van der Waals surface area contributed by atoms with Crippen LogP contribution in [-0.2, 0) is 4.79 Å². The van der Waals surface area contributed by atoms with Gasteiger partial charge in [-0.3, -0.25) is 4.98 Å². The Kier molecular flexibility index (Phi) is 4.38. The predicted molar refractivity (Wildman–Crippen MR) is 77.7 cm³/mol. The molecule has 2 rings (SSSR count). The Bertz CT molecular complexity index is 653. The normalized spacial score (nSPS) is 11.2. The number of nitrogens with zero attached hydrogens (tertiary/aromatic N) is 1. The van der Waals surface area contributed by atoms with Gasteiger partial charge in [-0.2, -0.15) is 0 Å². The summed E-state index contributed by atoms with van der Waals surface area (Å²) in [7, 11) is 1.50. The molecule has 1 aromatic heterocycles. The van der Waals surface area contributed by atoms with Crippen LogP contribution in [0.25, 0.3) is 11.6 Å². The third-order valence-electron chi connectivity index (χ3n) is 2.69. The molecule has 0 aliphatic heterocycles. The van der Waals surface area contributed by atoms with E-state index in [4.69, 9.17) is 16.3 Å². The van der Waals surface area contributed by atoms with Crippen LogP contribution in [0.1, 0.15) is 11.1 Å². The summed E-state index contributed by atoms with van der Waals surface area (Å²) in [4.78, 5) is 15.4. The van der Waals surface area contributed by atoms with Crippen molar-refractivity contribution < 1.29 is 14.6 Å². The first-order valence-corrected chi connectivity index (χ1v) is 6.18. The van der Waals surface area contributed by atoms with Crippen LogP contribution in [0.5, 0.6) is 5.75 Å². The fourth-order valence-electron chi connectivity index (χ4n) is 1.73. The molecular weight excluding hydrogens is 278 g/mol. The molecule has 0 unspecified atom stereocenters. The van der Waals surface area contributed by atoms with Gasteiger partial charge in [0, 0.05) is 12.4 Å². The third kappa shape index (κ3) is 3.16. The van der Waals surface area contributed by atoms with Crippen molar-refractivity contribution in [3.63, 3.8) is 0 Å². The summed E-state index contributed by atoms with van der Waals surface area (Å²) >= 11 is 6.02. The van der Waals surface area contributed by atoms with Gasteiger partial charge < -0.3 is 9.84 Å².